The van der Waals surface area contributed by atoms with Crippen molar-refractivity contribution in [2.24, 2.45) is 7.05 Å². The Labute approximate surface area is 175 Å². The second kappa shape index (κ2) is 6.40. The van der Waals surface area contributed by atoms with Crippen LogP contribution in [0.4, 0.5) is 5.69 Å². The van der Waals surface area contributed by atoms with Gasteiger partial charge in [0, 0.05) is 23.8 Å². The molecule has 29 heavy (non-hydrogen) atoms. The first kappa shape index (κ1) is 17.8. The third-order valence-electron chi connectivity index (χ3n) is 4.90. The molecule has 2 aromatic carbocycles. The standard InChI is InChI=1S/C21H12Cl2N4O2/c1-26-19-17(18(25-26)11-5-3-2-4-6-11)16-13(10-24-19)20(28)27(21(16)29)15-8-7-12(22)9-14(15)23/h2-10H,1H3. The number of aromatic nitrogens is 3. The van der Waals surface area contributed by atoms with E-state index in [0.717, 1.165) is 10.5 Å². The molecule has 0 radical (unpaired) electrons. The van der Waals surface area contributed by atoms with Crippen LogP contribution in [0.25, 0.3) is 22.3 Å². The highest BCUT2D eigenvalue weighted by Gasteiger charge is 2.41. The Morgan fingerprint density at radius 3 is 2.45 bits per heavy atom. The van der Waals surface area contributed by atoms with Crippen LogP contribution in [0.2, 0.25) is 10.0 Å². The molecule has 0 saturated heterocycles. The van der Waals surface area contributed by atoms with Gasteiger partial charge >= 0.3 is 0 Å². The molecule has 0 aliphatic carbocycles. The minimum atomic E-state index is -0.480. The second-order valence-electron chi connectivity index (χ2n) is 6.63. The molecule has 2 aromatic heterocycles. The molecular formula is C21H12Cl2N4O2. The van der Waals surface area contributed by atoms with Gasteiger partial charge in [-0.1, -0.05) is 53.5 Å². The van der Waals surface area contributed by atoms with Crippen molar-refractivity contribution in [3.05, 3.63) is 75.9 Å². The summed E-state index contributed by atoms with van der Waals surface area (Å²) in [4.78, 5) is 31.9. The Balaban J connectivity index is 1.77. The molecule has 1 aliphatic rings. The van der Waals surface area contributed by atoms with Crippen LogP contribution in [-0.2, 0) is 7.05 Å². The lowest BCUT2D eigenvalue weighted by Gasteiger charge is -2.15. The van der Waals surface area contributed by atoms with Gasteiger partial charge in [0.1, 0.15) is 5.69 Å². The van der Waals surface area contributed by atoms with Crippen molar-refractivity contribution in [1.82, 2.24) is 14.8 Å². The monoisotopic (exact) mass is 422 g/mol. The van der Waals surface area contributed by atoms with E-state index < -0.39 is 11.8 Å². The number of carbonyl (C=O) groups excluding carboxylic acids is 2. The van der Waals surface area contributed by atoms with Gasteiger partial charge in [0.2, 0.25) is 0 Å². The van der Waals surface area contributed by atoms with Gasteiger partial charge in [-0.15, -0.1) is 0 Å². The SMILES string of the molecule is Cn1nc(-c2ccccc2)c2c3c(cnc21)C(=O)N(c1ccc(Cl)cc1Cl)C3=O. The van der Waals surface area contributed by atoms with E-state index in [1.165, 1.54) is 12.3 Å². The maximum atomic E-state index is 13.4. The van der Waals surface area contributed by atoms with E-state index in [2.05, 4.69) is 10.1 Å². The van der Waals surface area contributed by atoms with Crippen LogP contribution in [-0.4, -0.2) is 26.6 Å². The zero-order chi connectivity index (χ0) is 20.3. The van der Waals surface area contributed by atoms with E-state index in [0.29, 0.717) is 21.7 Å². The largest absolute Gasteiger partial charge is 0.268 e. The normalized spacial score (nSPS) is 13.4. The number of benzene rings is 2. The maximum absolute atomic E-state index is 13.4. The van der Waals surface area contributed by atoms with Gasteiger partial charge in [0.05, 0.1) is 27.2 Å². The summed E-state index contributed by atoms with van der Waals surface area (Å²) in [6, 6.07) is 14.1. The predicted molar refractivity (Wildman–Crippen MR) is 112 cm³/mol. The molecule has 0 saturated carbocycles. The Hall–Kier alpha value is -3.22. The first-order chi connectivity index (χ1) is 14.0. The van der Waals surface area contributed by atoms with E-state index in [1.54, 1.807) is 23.9 Å². The number of rotatable bonds is 2. The van der Waals surface area contributed by atoms with E-state index >= 15 is 0 Å². The number of hydrogen-bond acceptors (Lipinski definition) is 4. The van der Waals surface area contributed by atoms with Crippen molar-refractivity contribution >= 4 is 51.7 Å². The lowest BCUT2D eigenvalue weighted by atomic mass is 10.0. The fourth-order valence-electron chi connectivity index (χ4n) is 3.61. The molecule has 0 bridgehead atoms. The van der Waals surface area contributed by atoms with E-state index in [4.69, 9.17) is 23.2 Å². The van der Waals surface area contributed by atoms with Crippen LogP contribution in [0.3, 0.4) is 0 Å². The van der Waals surface area contributed by atoms with Crippen molar-refractivity contribution in [2.45, 2.75) is 0 Å². The molecular weight excluding hydrogens is 411 g/mol. The van der Waals surface area contributed by atoms with E-state index in [9.17, 15) is 9.59 Å². The van der Waals surface area contributed by atoms with Crippen molar-refractivity contribution < 1.29 is 9.59 Å². The van der Waals surface area contributed by atoms with Gasteiger partial charge in [0.15, 0.2) is 5.65 Å². The summed E-state index contributed by atoms with van der Waals surface area (Å²) in [7, 11) is 1.75. The van der Waals surface area contributed by atoms with Crippen LogP contribution in [0.15, 0.2) is 54.7 Å². The molecule has 3 heterocycles. The fourth-order valence-corrected chi connectivity index (χ4v) is 4.10. The molecule has 0 fully saturated rings. The summed E-state index contributed by atoms with van der Waals surface area (Å²) in [6.45, 7) is 0. The summed E-state index contributed by atoms with van der Waals surface area (Å²) < 4.78 is 1.60. The third kappa shape index (κ3) is 2.57. The number of fused-ring (bicyclic) bond motifs is 3. The number of halogens is 2. The van der Waals surface area contributed by atoms with Gasteiger partial charge in [-0.2, -0.15) is 5.10 Å². The number of aryl methyl sites for hydroxylation is 1. The van der Waals surface area contributed by atoms with Crippen molar-refractivity contribution in [2.75, 3.05) is 4.90 Å². The highest BCUT2D eigenvalue weighted by molar-refractivity contribution is 6.42. The van der Waals surface area contributed by atoms with Crippen LogP contribution in [0.5, 0.6) is 0 Å². The van der Waals surface area contributed by atoms with Crippen LogP contribution in [0, 0.1) is 0 Å². The number of pyridine rings is 1. The van der Waals surface area contributed by atoms with Crippen LogP contribution in [0.1, 0.15) is 20.7 Å². The van der Waals surface area contributed by atoms with E-state index in [1.807, 2.05) is 30.3 Å². The Kier molecular flexibility index (Phi) is 3.94. The lowest BCUT2D eigenvalue weighted by Crippen LogP contribution is -2.29. The number of nitrogens with zero attached hydrogens (tertiary/aromatic N) is 4. The molecule has 1 aliphatic heterocycles. The van der Waals surface area contributed by atoms with Gasteiger partial charge in [-0.25, -0.2) is 14.6 Å². The average Bonchev–Trinajstić information content (AvgIpc) is 3.18. The minimum Gasteiger partial charge on any atom is -0.268 e. The molecule has 0 unspecified atom stereocenters. The second-order valence-corrected chi connectivity index (χ2v) is 7.47. The molecule has 6 nitrogen and oxygen atoms in total. The molecule has 0 spiro atoms. The number of anilines is 1. The molecule has 0 N–H and O–H groups in total. The van der Waals surface area contributed by atoms with Crippen LogP contribution < -0.4 is 4.90 Å². The quantitative estimate of drug-likeness (QED) is 0.437. The number of hydrogen-bond donors (Lipinski definition) is 0. The third-order valence-corrected chi connectivity index (χ3v) is 5.44. The molecule has 0 atom stereocenters. The zero-order valence-corrected chi connectivity index (χ0v) is 16.6. The number of amides is 2. The molecule has 5 rings (SSSR count). The fraction of sp³-hybridized carbons (Fsp3) is 0.0476. The summed E-state index contributed by atoms with van der Waals surface area (Å²) in [5, 5.41) is 5.72. The predicted octanol–water partition coefficient (Wildman–Crippen LogP) is 4.74. The van der Waals surface area contributed by atoms with Gasteiger partial charge in [-0.05, 0) is 18.2 Å². The lowest BCUT2D eigenvalue weighted by molar-refractivity contribution is 0.0926. The smallest absolute Gasteiger partial charge is 0.267 e. The molecule has 8 heteroatoms. The van der Waals surface area contributed by atoms with Crippen molar-refractivity contribution in [3.63, 3.8) is 0 Å². The highest BCUT2D eigenvalue weighted by Crippen LogP contribution is 2.39. The zero-order valence-electron chi connectivity index (χ0n) is 15.1. The summed E-state index contributed by atoms with van der Waals surface area (Å²) >= 11 is 12.2. The summed E-state index contributed by atoms with van der Waals surface area (Å²) in [5.41, 5.74) is 2.72. The van der Waals surface area contributed by atoms with Crippen molar-refractivity contribution in [3.8, 4) is 11.3 Å². The maximum Gasteiger partial charge on any atom is 0.267 e. The van der Waals surface area contributed by atoms with Crippen molar-refractivity contribution in [1.29, 1.82) is 0 Å². The minimum absolute atomic E-state index is 0.214. The first-order valence-corrected chi connectivity index (χ1v) is 9.48. The topological polar surface area (TPSA) is 68.1 Å². The molecule has 142 valence electrons. The Morgan fingerprint density at radius 1 is 0.966 bits per heavy atom. The summed E-state index contributed by atoms with van der Waals surface area (Å²) in [5.74, 6) is -0.946. The first-order valence-electron chi connectivity index (χ1n) is 8.72. The molecule has 2 amide bonds. The summed E-state index contributed by atoms with van der Waals surface area (Å²) in [6.07, 6.45) is 1.41. The average molecular weight is 423 g/mol. The Morgan fingerprint density at radius 2 is 1.72 bits per heavy atom. The van der Waals surface area contributed by atoms with Gasteiger partial charge in [-0.3, -0.25) is 9.59 Å². The van der Waals surface area contributed by atoms with Gasteiger partial charge in [0.25, 0.3) is 11.8 Å². The van der Waals surface area contributed by atoms with Crippen LogP contribution >= 0.6 is 23.2 Å². The number of imide groups is 1. The highest BCUT2D eigenvalue weighted by atomic mass is 35.5. The number of carbonyl (C=O) groups is 2. The Bertz CT molecular complexity index is 1330. The van der Waals surface area contributed by atoms with E-state index in [-0.39, 0.29) is 21.8 Å². The van der Waals surface area contributed by atoms with Gasteiger partial charge < -0.3 is 0 Å². The molecule has 4 aromatic rings.